The highest BCUT2D eigenvalue weighted by Gasteiger charge is 2.46. The summed E-state index contributed by atoms with van der Waals surface area (Å²) in [6.07, 6.45) is 6.13. The van der Waals surface area contributed by atoms with E-state index < -0.39 is 0 Å². The van der Waals surface area contributed by atoms with Gasteiger partial charge in [-0.05, 0) is 43.6 Å². The van der Waals surface area contributed by atoms with Crippen LogP contribution >= 0.6 is 0 Å². The standard InChI is InChI=1S/C18H25NO2/c20-14-16-8-4-11-19(13-16)17(21)18(9-5-10-18)12-15-6-2-1-3-7-15/h1-3,6-7,16,20H,4-5,8-14H2. The van der Waals surface area contributed by atoms with Gasteiger partial charge in [0.05, 0.1) is 5.41 Å². The van der Waals surface area contributed by atoms with Crippen LogP contribution in [0.5, 0.6) is 0 Å². The number of likely N-dealkylation sites (tertiary alicyclic amines) is 1. The highest BCUT2D eigenvalue weighted by Crippen LogP contribution is 2.45. The summed E-state index contributed by atoms with van der Waals surface area (Å²) in [5.74, 6) is 0.604. The summed E-state index contributed by atoms with van der Waals surface area (Å²) < 4.78 is 0. The van der Waals surface area contributed by atoms with Crippen LogP contribution in [0.1, 0.15) is 37.7 Å². The Hall–Kier alpha value is -1.35. The van der Waals surface area contributed by atoms with Crippen molar-refractivity contribution in [2.45, 2.75) is 38.5 Å². The Labute approximate surface area is 127 Å². The lowest BCUT2D eigenvalue weighted by atomic mass is 9.64. The van der Waals surface area contributed by atoms with Crippen LogP contribution < -0.4 is 0 Å². The topological polar surface area (TPSA) is 40.5 Å². The number of aliphatic hydroxyl groups excluding tert-OH is 1. The summed E-state index contributed by atoms with van der Waals surface area (Å²) >= 11 is 0. The molecule has 0 bridgehead atoms. The molecule has 0 radical (unpaired) electrons. The van der Waals surface area contributed by atoms with Gasteiger partial charge in [0.1, 0.15) is 0 Å². The van der Waals surface area contributed by atoms with E-state index in [1.807, 2.05) is 11.0 Å². The van der Waals surface area contributed by atoms with Gasteiger partial charge < -0.3 is 10.0 Å². The first-order valence-corrected chi connectivity index (χ1v) is 8.18. The molecule has 1 N–H and O–H groups in total. The Morgan fingerprint density at radius 2 is 2.00 bits per heavy atom. The van der Waals surface area contributed by atoms with Crippen molar-refractivity contribution in [3.63, 3.8) is 0 Å². The van der Waals surface area contributed by atoms with E-state index in [2.05, 4.69) is 24.3 Å². The number of hydrogen-bond donors (Lipinski definition) is 1. The summed E-state index contributed by atoms with van der Waals surface area (Å²) in [5.41, 5.74) is 1.10. The molecule has 1 aliphatic heterocycles. The predicted molar refractivity (Wildman–Crippen MR) is 82.8 cm³/mol. The molecule has 1 aromatic carbocycles. The minimum atomic E-state index is -0.168. The molecule has 114 valence electrons. The van der Waals surface area contributed by atoms with Gasteiger partial charge in [-0.2, -0.15) is 0 Å². The molecule has 1 amide bonds. The first-order valence-electron chi connectivity index (χ1n) is 8.18. The second kappa shape index (κ2) is 6.18. The monoisotopic (exact) mass is 287 g/mol. The van der Waals surface area contributed by atoms with Crippen molar-refractivity contribution in [3.05, 3.63) is 35.9 Å². The number of carbonyl (C=O) groups excluding carboxylic acids is 1. The molecule has 2 aliphatic rings. The summed E-state index contributed by atoms with van der Waals surface area (Å²) in [6, 6.07) is 10.4. The fraction of sp³-hybridized carbons (Fsp3) is 0.611. The number of benzene rings is 1. The van der Waals surface area contributed by atoms with Crippen molar-refractivity contribution in [3.8, 4) is 0 Å². The lowest BCUT2D eigenvalue weighted by Crippen LogP contribution is -2.52. The van der Waals surface area contributed by atoms with Crippen LogP contribution in [0.15, 0.2) is 30.3 Å². The van der Waals surface area contributed by atoms with E-state index in [0.29, 0.717) is 5.91 Å². The van der Waals surface area contributed by atoms with Gasteiger partial charge in [0.15, 0.2) is 0 Å². The fourth-order valence-corrected chi connectivity index (χ4v) is 3.79. The first-order chi connectivity index (χ1) is 10.2. The molecule has 3 heteroatoms. The van der Waals surface area contributed by atoms with Crippen LogP contribution in [0.4, 0.5) is 0 Å². The zero-order chi connectivity index (χ0) is 14.7. The molecule has 2 fully saturated rings. The van der Waals surface area contributed by atoms with E-state index in [9.17, 15) is 9.90 Å². The maximum Gasteiger partial charge on any atom is 0.229 e. The van der Waals surface area contributed by atoms with Crippen molar-refractivity contribution in [2.24, 2.45) is 11.3 Å². The molecule has 3 nitrogen and oxygen atoms in total. The molecule has 1 atom stereocenters. The smallest absolute Gasteiger partial charge is 0.229 e. The quantitative estimate of drug-likeness (QED) is 0.925. The molecule has 1 aliphatic carbocycles. The highest BCUT2D eigenvalue weighted by atomic mass is 16.3. The van der Waals surface area contributed by atoms with Crippen LogP contribution in [0.2, 0.25) is 0 Å². The summed E-state index contributed by atoms with van der Waals surface area (Å²) in [4.78, 5) is 15.0. The Balaban J connectivity index is 1.71. The Bertz CT molecular complexity index is 481. The van der Waals surface area contributed by atoms with Crippen LogP contribution in [-0.2, 0) is 11.2 Å². The van der Waals surface area contributed by atoms with E-state index in [1.165, 1.54) is 5.56 Å². The largest absolute Gasteiger partial charge is 0.396 e. The molecule has 0 aromatic heterocycles. The van der Waals surface area contributed by atoms with Gasteiger partial charge in [0.25, 0.3) is 0 Å². The average Bonchev–Trinajstić information content (AvgIpc) is 2.51. The number of carbonyl (C=O) groups is 1. The second-order valence-corrected chi connectivity index (χ2v) is 6.74. The van der Waals surface area contributed by atoms with Gasteiger partial charge >= 0.3 is 0 Å². The van der Waals surface area contributed by atoms with E-state index in [0.717, 1.165) is 51.6 Å². The lowest BCUT2D eigenvalue weighted by Gasteiger charge is -2.45. The normalized spacial score (nSPS) is 24.4. The van der Waals surface area contributed by atoms with Crippen LogP contribution in [0, 0.1) is 11.3 Å². The molecule has 1 aromatic rings. The van der Waals surface area contributed by atoms with Gasteiger partial charge in [-0.15, -0.1) is 0 Å². The van der Waals surface area contributed by atoms with Crippen molar-refractivity contribution < 1.29 is 9.90 Å². The summed E-state index contributed by atoms with van der Waals surface area (Å²) in [5, 5.41) is 9.36. The lowest BCUT2D eigenvalue weighted by molar-refractivity contribution is -0.149. The summed E-state index contributed by atoms with van der Waals surface area (Å²) in [7, 11) is 0. The molecular formula is C18H25NO2. The average molecular weight is 287 g/mol. The highest BCUT2D eigenvalue weighted by molar-refractivity contribution is 5.84. The van der Waals surface area contributed by atoms with Crippen LogP contribution in [0.25, 0.3) is 0 Å². The zero-order valence-electron chi connectivity index (χ0n) is 12.6. The number of piperidine rings is 1. The minimum Gasteiger partial charge on any atom is -0.396 e. The van der Waals surface area contributed by atoms with Crippen molar-refractivity contribution >= 4 is 5.91 Å². The Kier molecular flexibility index (Phi) is 4.29. The number of nitrogens with zero attached hydrogens (tertiary/aromatic N) is 1. The summed E-state index contributed by atoms with van der Waals surface area (Å²) in [6.45, 7) is 1.81. The maximum absolute atomic E-state index is 13.0. The number of rotatable bonds is 4. The first kappa shape index (κ1) is 14.6. The van der Waals surface area contributed by atoms with E-state index >= 15 is 0 Å². The van der Waals surface area contributed by atoms with Gasteiger partial charge in [0, 0.05) is 19.7 Å². The molecule has 1 saturated carbocycles. The van der Waals surface area contributed by atoms with Crippen LogP contribution in [-0.4, -0.2) is 35.6 Å². The molecule has 1 heterocycles. The van der Waals surface area contributed by atoms with Crippen molar-refractivity contribution in [1.82, 2.24) is 4.90 Å². The number of hydrogen-bond acceptors (Lipinski definition) is 2. The molecule has 0 spiro atoms. The molecule has 3 rings (SSSR count). The van der Waals surface area contributed by atoms with E-state index in [1.54, 1.807) is 0 Å². The van der Waals surface area contributed by atoms with Gasteiger partial charge in [-0.3, -0.25) is 4.79 Å². The number of amides is 1. The molecule has 21 heavy (non-hydrogen) atoms. The van der Waals surface area contributed by atoms with Gasteiger partial charge in [-0.25, -0.2) is 0 Å². The molecular weight excluding hydrogens is 262 g/mol. The predicted octanol–water partition coefficient (Wildman–Crippen LogP) is 2.63. The minimum absolute atomic E-state index is 0.168. The van der Waals surface area contributed by atoms with Crippen LogP contribution in [0.3, 0.4) is 0 Å². The SMILES string of the molecule is O=C(N1CCCC(CO)C1)C1(Cc2ccccc2)CCC1. The Morgan fingerprint density at radius 1 is 1.24 bits per heavy atom. The molecule has 1 unspecified atom stereocenters. The molecule has 1 saturated heterocycles. The third-order valence-corrected chi connectivity index (χ3v) is 5.21. The van der Waals surface area contributed by atoms with Crippen molar-refractivity contribution in [1.29, 1.82) is 0 Å². The second-order valence-electron chi connectivity index (χ2n) is 6.74. The number of aliphatic hydroxyl groups is 1. The maximum atomic E-state index is 13.0. The zero-order valence-corrected chi connectivity index (χ0v) is 12.6. The fourth-order valence-electron chi connectivity index (χ4n) is 3.79. The van der Waals surface area contributed by atoms with E-state index in [-0.39, 0.29) is 17.9 Å². The third kappa shape index (κ3) is 2.98. The third-order valence-electron chi connectivity index (χ3n) is 5.21. The van der Waals surface area contributed by atoms with Gasteiger partial charge in [-0.1, -0.05) is 36.8 Å². The van der Waals surface area contributed by atoms with Gasteiger partial charge in [0.2, 0.25) is 5.91 Å². The Morgan fingerprint density at radius 3 is 2.62 bits per heavy atom. The van der Waals surface area contributed by atoms with E-state index in [4.69, 9.17) is 0 Å². The van der Waals surface area contributed by atoms with Crippen molar-refractivity contribution in [2.75, 3.05) is 19.7 Å².